The second kappa shape index (κ2) is 12.8. The minimum atomic E-state index is -0.928. The maximum Gasteiger partial charge on any atom is 0.306 e. The van der Waals surface area contributed by atoms with E-state index in [9.17, 15) is 15.0 Å². The molecule has 0 saturated carbocycles. The first-order valence-electron chi connectivity index (χ1n) is 11.4. The molecule has 184 valence electrons. The third kappa shape index (κ3) is 9.26. The zero-order valence-corrected chi connectivity index (χ0v) is 21.1. The van der Waals surface area contributed by atoms with E-state index in [0.717, 1.165) is 23.3 Å². The molecule has 32 heavy (non-hydrogen) atoms. The number of nitrogens with two attached hydrogens (primary N) is 1. The lowest BCUT2D eigenvalue weighted by Gasteiger charge is -2.29. The Kier molecular flexibility index (Phi) is 11.5. The van der Waals surface area contributed by atoms with E-state index < -0.39 is 30.1 Å². The lowest BCUT2D eigenvalue weighted by Crippen LogP contribution is -2.39. The quantitative estimate of drug-likeness (QED) is 0.324. The summed E-state index contributed by atoms with van der Waals surface area (Å²) < 4.78 is 5.93. The number of alkyl halides is 1. The molecule has 0 fully saturated rings. The van der Waals surface area contributed by atoms with Crippen LogP contribution in [-0.4, -0.2) is 52.0 Å². The van der Waals surface area contributed by atoms with E-state index in [2.05, 4.69) is 46.8 Å². The molecule has 0 bridgehead atoms. The van der Waals surface area contributed by atoms with Gasteiger partial charge in [0.05, 0.1) is 17.9 Å². The SMILES string of the molecule is CC(CC(O)C(N)CC(Cc1ccc(C(C)(C)C)c(OCC(O)CCl)c1)C(C)C)C(=O)O. The summed E-state index contributed by atoms with van der Waals surface area (Å²) >= 11 is 5.71. The van der Waals surface area contributed by atoms with Gasteiger partial charge in [-0.1, -0.05) is 53.7 Å². The fraction of sp³-hybridized carbons (Fsp3) is 0.720. The van der Waals surface area contributed by atoms with E-state index in [1.807, 2.05) is 6.07 Å². The first-order valence-corrected chi connectivity index (χ1v) is 12.0. The largest absolute Gasteiger partial charge is 0.491 e. The number of aliphatic hydroxyl groups is 2. The van der Waals surface area contributed by atoms with Gasteiger partial charge in [0.2, 0.25) is 0 Å². The number of carbonyl (C=O) groups is 1. The van der Waals surface area contributed by atoms with Crippen molar-refractivity contribution in [2.75, 3.05) is 12.5 Å². The standard InChI is InChI=1S/C25H42ClNO5/c1-15(2)18(12-21(27)22(29)9-16(3)24(30)31)10-17-7-8-20(25(4,5)6)23(11-17)32-14-19(28)13-26/h7-8,11,15-16,18-19,21-22,28-29H,9-10,12-14,27H2,1-6H3,(H,30,31). The van der Waals surface area contributed by atoms with Gasteiger partial charge in [-0.25, -0.2) is 0 Å². The predicted octanol–water partition coefficient (Wildman–Crippen LogP) is 3.97. The normalized spacial score (nSPS) is 17.0. The second-order valence-corrected chi connectivity index (χ2v) is 10.7. The number of aliphatic hydroxyl groups excluding tert-OH is 2. The van der Waals surface area contributed by atoms with Gasteiger partial charge in [-0.2, -0.15) is 0 Å². The van der Waals surface area contributed by atoms with Gasteiger partial charge in [-0.05, 0) is 53.7 Å². The molecule has 5 atom stereocenters. The third-order valence-electron chi connectivity index (χ3n) is 5.99. The first kappa shape index (κ1) is 28.7. The highest BCUT2D eigenvalue weighted by molar-refractivity contribution is 6.18. The Hall–Kier alpha value is -1.34. The Labute approximate surface area is 198 Å². The van der Waals surface area contributed by atoms with Crippen molar-refractivity contribution in [3.8, 4) is 5.75 Å². The van der Waals surface area contributed by atoms with Crippen LogP contribution in [0.15, 0.2) is 18.2 Å². The molecule has 0 aliphatic rings. The van der Waals surface area contributed by atoms with Crippen molar-refractivity contribution < 1.29 is 24.9 Å². The molecule has 0 heterocycles. The van der Waals surface area contributed by atoms with Crippen LogP contribution in [-0.2, 0) is 16.6 Å². The van der Waals surface area contributed by atoms with Gasteiger partial charge in [0.25, 0.3) is 0 Å². The molecular weight excluding hydrogens is 430 g/mol. The summed E-state index contributed by atoms with van der Waals surface area (Å²) in [7, 11) is 0. The molecule has 0 aliphatic carbocycles. The van der Waals surface area contributed by atoms with E-state index in [1.54, 1.807) is 6.92 Å². The Balaban J connectivity index is 3.00. The molecule has 5 N–H and O–H groups in total. The molecule has 0 aromatic heterocycles. The lowest BCUT2D eigenvalue weighted by atomic mass is 9.81. The summed E-state index contributed by atoms with van der Waals surface area (Å²) in [5.41, 5.74) is 8.28. The number of hydrogen-bond acceptors (Lipinski definition) is 5. The van der Waals surface area contributed by atoms with Gasteiger partial charge in [0, 0.05) is 6.04 Å². The summed E-state index contributed by atoms with van der Waals surface area (Å²) in [6.07, 6.45) is -0.105. The molecule has 1 rings (SSSR count). The smallest absolute Gasteiger partial charge is 0.306 e. The first-order chi connectivity index (χ1) is 14.8. The highest BCUT2D eigenvalue weighted by Gasteiger charge is 2.26. The van der Waals surface area contributed by atoms with Gasteiger partial charge < -0.3 is 25.8 Å². The Morgan fingerprint density at radius 2 is 1.78 bits per heavy atom. The molecule has 5 unspecified atom stereocenters. The van der Waals surface area contributed by atoms with Crippen LogP contribution in [0.25, 0.3) is 0 Å². The summed E-state index contributed by atoms with van der Waals surface area (Å²) in [6.45, 7) is 12.3. The van der Waals surface area contributed by atoms with E-state index >= 15 is 0 Å². The number of benzene rings is 1. The van der Waals surface area contributed by atoms with Crippen LogP contribution in [0.4, 0.5) is 0 Å². The van der Waals surface area contributed by atoms with Crippen LogP contribution in [0.3, 0.4) is 0 Å². The van der Waals surface area contributed by atoms with Crippen molar-refractivity contribution in [2.45, 2.75) is 84.5 Å². The zero-order chi connectivity index (χ0) is 24.6. The molecule has 6 nitrogen and oxygen atoms in total. The van der Waals surface area contributed by atoms with Crippen LogP contribution in [0.5, 0.6) is 5.75 Å². The minimum Gasteiger partial charge on any atom is -0.491 e. The van der Waals surface area contributed by atoms with Crippen LogP contribution >= 0.6 is 11.6 Å². The number of halogens is 1. The van der Waals surface area contributed by atoms with E-state index in [1.165, 1.54) is 0 Å². The van der Waals surface area contributed by atoms with Crippen LogP contribution in [0.2, 0.25) is 0 Å². The summed E-state index contributed by atoms with van der Waals surface area (Å²) in [6, 6.07) is 5.69. The maximum absolute atomic E-state index is 11.1. The predicted molar refractivity (Wildman–Crippen MR) is 129 cm³/mol. The van der Waals surface area contributed by atoms with Gasteiger partial charge >= 0.3 is 5.97 Å². The van der Waals surface area contributed by atoms with Crippen LogP contribution in [0.1, 0.15) is 65.5 Å². The average molecular weight is 472 g/mol. The second-order valence-electron chi connectivity index (χ2n) is 10.3. The molecule has 0 radical (unpaired) electrons. The van der Waals surface area contributed by atoms with Crippen molar-refractivity contribution in [3.05, 3.63) is 29.3 Å². The topological polar surface area (TPSA) is 113 Å². The number of carboxylic acids is 1. The van der Waals surface area contributed by atoms with Gasteiger partial charge in [0.15, 0.2) is 0 Å². The fourth-order valence-corrected chi connectivity index (χ4v) is 3.79. The van der Waals surface area contributed by atoms with Crippen molar-refractivity contribution in [3.63, 3.8) is 0 Å². The third-order valence-corrected chi connectivity index (χ3v) is 6.35. The average Bonchev–Trinajstić information content (AvgIpc) is 2.70. The van der Waals surface area contributed by atoms with E-state index in [4.69, 9.17) is 27.2 Å². The fourth-order valence-electron chi connectivity index (χ4n) is 3.70. The van der Waals surface area contributed by atoms with Crippen molar-refractivity contribution in [2.24, 2.45) is 23.5 Å². The summed E-state index contributed by atoms with van der Waals surface area (Å²) in [4.78, 5) is 11.1. The Morgan fingerprint density at radius 1 is 1.16 bits per heavy atom. The highest BCUT2D eigenvalue weighted by atomic mass is 35.5. The monoisotopic (exact) mass is 471 g/mol. The molecule has 0 aliphatic heterocycles. The van der Waals surface area contributed by atoms with Crippen LogP contribution < -0.4 is 10.5 Å². The molecule has 7 heteroatoms. The molecule has 0 saturated heterocycles. The molecule has 0 amide bonds. The highest BCUT2D eigenvalue weighted by Crippen LogP contribution is 2.34. The zero-order valence-electron chi connectivity index (χ0n) is 20.3. The number of aliphatic carboxylic acids is 1. The van der Waals surface area contributed by atoms with Gasteiger partial charge in [-0.15, -0.1) is 11.6 Å². The summed E-state index contributed by atoms with van der Waals surface area (Å²) in [5.74, 6) is -0.178. The number of ether oxygens (including phenoxy) is 1. The lowest BCUT2D eigenvalue weighted by molar-refractivity contribution is -0.142. The maximum atomic E-state index is 11.1. The summed E-state index contributed by atoms with van der Waals surface area (Å²) in [5, 5.41) is 29.3. The molecule has 1 aromatic rings. The van der Waals surface area contributed by atoms with Crippen molar-refractivity contribution >= 4 is 17.6 Å². The Bertz CT molecular complexity index is 719. The molecule has 0 spiro atoms. The van der Waals surface area contributed by atoms with E-state index in [0.29, 0.717) is 12.3 Å². The number of hydrogen-bond donors (Lipinski definition) is 4. The molecule has 1 aromatic carbocycles. The van der Waals surface area contributed by atoms with Gasteiger partial charge in [0.1, 0.15) is 18.5 Å². The Morgan fingerprint density at radius 3 is 2.28 bits per heavy atom. The number of rotatable bonds is 13. The van der Waals surface area contributed by atoms with Gasteiger partial charge in [-0.3, -0.25) is 4.79 Å². The number of carboxylic acid groups (broad SMARTS) is 1. The van der Waals surface area contributed by atoms with E-state index in [-0.39, 0.29) is 30.2 Å². The van der Waals surface area contributed by atoms with Crippen molar-refractivity contribution in [1.29, 1.82) is 0 Å². The van der Waals surface area contributed by atoms with Crippen molar-refractivity contribution in [1.82, 2.24) is 0 Å². The van der Waals surface area contributed by atoms with Crippen LogP contribution in [0, 0.1) is 17.8 Å². The molecular formula is C25H42ClNO5. The minimum absolute atomic E-state index is 0.112.